The number of fused-ring (bicyclic) bond motifs is 3. The van der Waals surface area contributed by atoms with Crippen LogP contribution in [0, 0.1) is 25.2 Å². The highest BCUT2D eigenvalue weighted by Crippen LogP contribution is 2.47. The van der Waals surface area contributed by atoms with Crippen molar-refractivity contribution in [2.45, 2.75) is 81.2 Å². The van der Waals surface area contributed by atoms with Gasteiger partial charge < -0.3 is 24.6 Å². The number of pyridine rings is 1. The molecule has 4 heterocycles. The van der Waals surface area contributed by atoms with E-state index in [1.54, 1.807) is 37.4 Å². The summed E-state index contributed by atoms with van der Waals surface area (Å²) in [6, 6.07) is 3.96. The van der Waals surface area contributed by atoms with E-state index in [0.29, 0.717) is 58.2 Å². The van der Waals surface area contributed by atoms with Crippen molar-refractivity contribution in [2.75, 3.05) is 27.2 Å². The van der Waals surface area contributed by atoms with Gasteiger partial charge in [0.1, 0.15) is 45.6 Å². The number of nitrogens with zero attached hydrogens (tertiary/aromatic N) is 4. The normalized spacial score (nSPS) is 26.3. The van der Waals surface area contributed by atoms with Gasteiger partial charge in [0.15, 0.2) is 0 Å². The van der Waals surface area contributed by atoms with Gasteiger partial charge >= 0.3 is 6.03 Å². The van der Waals surface area contributed by atoms with Crippen LogP contribution in [-0.4, -0.2) is 95.7 Å². The van der Waals surface area contributed by atoms with Crippen molar-refractivity contribution in [3.05, 3.63) is 47.0 Å². The standard InChI is InChI=1S/C37H42N6O7S2/c1-6-24-21-51-32(38-24)27-18-30(26-12-13-29(49-5)22(2)31(26)39-27)50-25-17-28-33(44)42(4)16-10-8-7-9-11-23-19-37(23,40-35(46)43(28)20-25)34(45)41-52(47,48)36(3)14-15-36/h1,9,11-13,18,21,23,25,28H,7-8,10,14-17,19-20H2,2-5H3,(H,40,46)(H,41,45)/b11-9-/t23-,25+,28+,37-/m1/s1. The summed E-state index contributed by atoms with van der Waals surface area (Å²) >= 11 is 1.36. The molecule has 2 N–H and O–H groups in total. The quantitative estimate of drug-likeness (QED) is 0.268. The highest BCUT2D eigenvalue weighted by molar-refractivity contribution is 7.91. The number of terminal acetylenes is 1. The molecule has 4 atom stereocenters. The van der Waals surface area contributed by atoms with Crippen molar-refractivity contribution in [1.82, 2.24) is 29.8 Å². The molecule has 3 fully saturated rings. The molecule has 0 unspecified atom stereocenters. The first-order valence-electron chi connectivity index (χ1n) is 17.4. The van der Waals surface area contributed by atoms with Gasteiger partial charge in [0, 0.05) is 48.3 Å². The van der Waals surface area contributed by atoms with Crippen LogP contribution in [0.1, 0.15) is 63.1 Å². The SMILES string of the molecule is C#Cc1csc(-c2cc(O[C@H]3C[C@H]4C(=O)N(C)CCCC/C=C\[C@@H]5C[C@@]5(C(=O)NS(=O)(=O)C5(C)CC5)NC(=O)N4C3)c3ccc(OC)c(C)c3n2)n1. The molecular weight excluding hydrogens is 705 g/mol. The van der Waals surface area contributed by atoms with Gasteiger partial charge in [-0.2, -0.15) is 0 Å². The molecule has 7 rings (SSSR count). The second-order valence-corrected chi connectivity index (χ2v) is 17.5. The molecule has 4 amide bonds. The van der Waals surface area contributed by atoms with Crippen LogP contribution in [0.2, 0.25) is 0 Å². The summed E-state index contributed by atoms with van der Waals surface area (Å²) in [5.41, 5.74) is 1.02. The number of methoxy groups -OCH3 is 1. The molecule has 2 aliphatic heterocycles. The van der Waals surface area contributed by atoms with Gasteiger partial charge in [-0.05, 0) is 70.4 Å². The minimum Gasteiger partial charge on any atom is -0.496 e. The van der Waals surface area contributed by atoms with E-state index < -0.39 is 50.3 Å². The smallest absolute Gasteiger partial charge is 0.319 e. The van der Waals surface area contributed by atoms with E-state index in [9.17, 15) is 22.8 Å². The molecule has 0 radical (unpaired) electrons. The fourth-order valence-electron chi connectivity index (χ4n) is 7.05. The third-order valence-corrected chi connectivity index (χ3v) is 13.8. The zero-order valence-corrected chi connectivity index (χ0v) is 31.2. The number of amides is 4. The van der Waals surface area contributed by atoms with Crippen LogP contribution in [-0.2, 0) is 19.6 Å². The van der Waals surface area contributed by atoms with E-state index in [1.165, 1.54) is 16.2 Å². The summed E-state index contributed by atoms with van der Waals surface area (Å²) in [5, 5.41) is 5.98. The second kappa shape index (κ2) is 13.4. The maximum atomic E-state index is 14.2. The topological polar surface area (TPSA) is 160 Å². The minimum atomic E-state index is -3.95. The molecule has 15 heteroatoms. The van der Waals surface area contributed by atoms with Crippen LogP contribution in [0.25, 0.3) is 21.6 Å². The van der Waals surface area contributed by atoms with Gasteiger partial charge in [-0.25, -0.2) is 23.2 Å². The van der Waals surface area contributed by atoms with Crippen molar-refractivity contribution >= 4 is 50.1 Å². The van der Waals surface area contributed by atoms with Gasteiger partial charge in [-0.15, -0.1) is 17.8 Å². The molecule has 13 nitrogen and oxygen atoms in total. The Kier molecular flexibility index (Phi) is 9.19. The number of allylic oxidation sites excluding steroid dienone is 1. The van der Waals surface area contributed by atoms with Crippen LogP contribution < -0.4 is 19.5 Å². The van der Waals surface area contributed by atoms with Crippen molar-refractivity contribution in [3.63, 3.8) is 0 Å². The molecular formula is C37H42N6O7S2. The summed E-state index contributed by atoms with van der Waals surface area (Å²) < 4.78 is 39.7. The zero-order valence-electron chi connectivity index (χ0n) is 29.6. The number of nitrogens with one attached hydrogen (secondary N) is 2. The third kappa shape index (κ3) is 6.47. The van der Waals surface area contributed by atoms with Crippen molar-refractivity contribution < 1.29 is 32.3 Å². The fourth-order valence-corrected chi connectivity index (χ4v) is 9.08. The Labute approximate surface area is 307 Å². The Morgan fingerprint density at radius 3 is 2.69 bits per heavy atom. The number of hydrogen-bond acceptors (Lipinski definition) is 10. The summed E-state index contributed by atoms with van der Waals surface area (Å²) in [6.45, 7) is 4.06. The Hall–Kier alpha value is -4.68. The number of aromatic nitrogens is 2. The van der Waals surface area contributed by atoms with Crippen molar-refractivity contribution in [3.8, 4) is 34.5 Å². The Balaban J connectivity index is 1.21. The summed E-state index contributed by atoms with van der Waals surface area (Å²) in [5.74, 6) is 2.29. The number of thiazole rings is 1. The zero-order chi connectivity index (χ0) is 37.0. The van der Waals surface area contributed by atoms with Gasteiger partial charge in [-0.1, -0.05) is 12.2 Å². The van der Waals surface area contributed by atoms with E-state index >= 15 is 0 Å². The lowest BCUT2D eigenvalue weighted by Crippen LogP contribution is -2.58. The second-order valence-electron chi connectivity index (χ2n) is 14.4. The Morgan fingerprint density at radius 1 is 1.19 bits per heavy atom. The molecule has 2 aromatic heterocycles. The number of hydrogen-bond donors (Lipinski definition) is 2. The summed E-state index contributed by atoms with van der Waals surface area (Å²) in [4.78, 5) is 54.4. The van der Waals surface area contributed by atoms with Crippen LogP contribution in [0.3, 0.4) is 0 Å². The molecule has 4 aliphatic rings. The van der Waals surface area contributed by atoms with Gasteiger partial charge in [0.2, 0.25) is 15.9 Å². The van der Waals surface area contributed by atoms with E-state index in [-0.39, 0.29) is 25.3 Å². The molecule has 0 bridgehead atoms. The number of rotatable bonds is 7. The van der Waals surface area contributed by atoms with Gasteiger partial charge in [0.25, 0.3) is 5.91 Å². The van der Waals surface area contributed by atoms with Crippen LogP contribution in [0.15, 0.2) is 35.7 Å². The van der Waals surface area contributed by atoms with Crippen molar-refractivity contribution in [2.24, 2.45) is 5.92 Å². The van der Waals surface area contributed by atoms with Crippen LogP contribution >= 0.6 is 11.3 Å². The average molecular weight is 747 g/mol. The van der Waals surface area contributed by atoms with Crippen LogP contribution in [0.4, 0.5) is 4.79 Å². The summed E-state index contributed by atoms with van der Waals surface area (Å²) in [7, 11) is -0.635. The molecule has 2 saturated carbocycles. The number of urea groups is 1. The first-order chi connectivity index (χ1) is 24.8. The highest BCUT2D eigenvalue weighted by Gasteiger charge is 2.63. The monoisotopic (exact) mass is 746 g/mol. The first-order valence-corrected chi connectivity index (χ1v) is 19.8. The van der Waals surface area contributed by atoms with E-state index in [2.05, 4.69) is 20.9 Å². The number of carbonyl (C=O) groups is 3. The van der Waals surface area contributed by atoms with E-state index in [4.69, 9.17) is 20.9 Å². The number of ether oxygens (including phenoxy) is 2. The lowest BCUT2D eigenvalue weighted by atomic mass is 10.1. The number of carbonyl (C=O) groups excluding carboxylic acids is 3. The predicted molar refractivity (Wildman–Crippen MR) is 196 cm³/mol. The van der Waals surface area contributed by atoms with Crippen LogP contribution in [0.5, 0.6) is 11.5 Å². The molecule has 0 spiro atoms. The minimum absolute atomic E-state index is 0.0391. The Bertz CT molecular complexity index is 2140. The molecule has 1 aromatic carbocycles. The lowest BCUT2D eigenvalue weighted by molar-refractivity contribution is -0.134. The number of sulfonamides is 1. The number of likely N-dealkylation sites (N-methyl/N-ethyl adjacent to an activating group) is 1. The largest absolute Gasteiger partial charge is 0.496 e. The number of aryl methyl sites for hydroxylation is 1. The fraction of sp³-hybridized carbons (Fsp3) is 0.486. The maximum absolute atomic E-state index is 14.2. The summed E-state index contributed by atoms with van der Waals surface area (Å²) in [6.07, 6.45) is 12.5. The third-order valence-electron chi connectivity index (χ3n) is 10.8. The molecule has 1 saturated heterocycles. The predicted octanol–water partition coefficient (Wildman–Crippen LogP) is 4.14. The number of benzene rings is 1. The Morgan fingerprint density at radius 2 is 1.98 bits per heavy atom. The lowest BCUT2D eigenvalue weighted by Gasteiger charge is -2.30. The molecule has 3 aromatic rings. The maximum Gasteiger partial charge on any atom is 0.319 e. The molecule has 52 heavy (non-hydrogen) atoms. The highest BCUT2D eigenvalue weighted by atomic mass is 32.2. The van der Waals surface area contributed by atoms with Crippen molar-refractivity contribution in [1.29, 1.82) is 0 Å². The van der Waals surface area contributed by atoms with E-state index in [1.807, 2.05) is 31.2 Å². The van der Waals surface area contributed by atoms with Gasteiger partial charge in [0.05, 0.1) is 23.9 Å². The first kappa shape index (κ1) is 35.7. The van der Waals surface area contributed by atoms with E-state index in [0.717, 1.165) is 24.8 Å². The average Bonchev–Trinajstić information content (AvgIpc) is 3.90. The van der Waals surface area contributed by atoms with Gasteiger partial charge in [-0.3, -0.25) is 14.3 Å². The molecule has 274 valence electrons. The molecule has 2 aliphatic carbocycles.